The van der Waals surface area contributed by atoms with Gasteiger partial charge in [-0.1, -0.05) is 34.9 Å². The molecule has 2 aromatic heterocycles. The molecule has 0 aliphatic heterocycles. The van der Waals surface area contributed by atoms with Crippen molar-refractivity contribution in [1.29, 1.82) is 0 Å². The van der Waals surface area contributed by atoms with Gasteiger partial charge in [-0.25, -0.2) is 13.1 Å². The van der Waals surface area contributed by atoms with Crippen molar-refractivity contribution in [3.05, 3.63) is 59.3 Å². The zero-order valence-electron chi connectivity index (χ0n) is 11.1. The van der Waals surface area contributed by atoms with Crippen LogP contribution in [0.4, 0.5) is 6.01 Å². The number of rotatable bonds is 5. The van der Waals surface area contributed by atoms with Crippen molar-refractivity contribution >= 4 is 27.6 Å². The number of hydrogen-bond acceptors (Lipinski definition) is 6. The summed E-state index contributed by atoms with van der Waals surface area (Å²) in [6.07, 6.45) is 2.66. The predicted molar refractivity (Wildman–Crippen MR) is 78.1 cm³/mol. The average molecular weight is 340 g/mol. The van der Waals surface area contributed by atoms with E-state index in [1.165, 1.54) is 12.3 Å². The second kappa shape index (κ2) is 5.82. The molecule has 1 aromatic carbocycles. The summed E-state index contributed by atoms with van der Waals surface area (Å²) in [5.41, 5.74) is 0.803. The number of nitrogens with one attached hydrogen (secondary N) is 1. The van der Waals surface area contributed by atoms with Crippen LogP contribution in [0.15, 0.2) is 56.6 Å². The molecule has 0 saturated heterocycles. The Morgan fingerprint density at radius 2 is 2.00 bits per heavy atom. The van der Waals surface area contributed by atoms with E-state index in [2.05, 4.69) is 14.9 Å². The number of halogens is 1. The van der Waals surface area contributed by atoms with Crippen molar-refractivity contribution < 1.29 is 17.3 Å². The fourth-order valence-electron chi connectivity index (χ4n) is 1.75. The Morgan fingerprint density at radius 1 is 1.18 bits per heavy atom. The monoisotopic (exact) mass is 339 g/mol. The molecule has 0 amide bonds. The number of anilines is 1. The molecule has 1 N–H and O–H groups in total. The van der Waals surface area contributed by atoms with Crippen LogP contribution in [-0.4, -0.2) is 18.6 Å². The number of hydrogen-bond donors (Lipinski definition) is 1. The highest BCUT2D eigenvalue weighted by Gasteiger charge is 2.19. The van der Waals surface area contributed by atoms with Gasteiger partial charge >= 0.3 is 6.01 Å². The highest BCUT2D eigenvalue weighted by atomic mass is 35.5. The minimum absolute atomic E-state index is 0.0293. The number of benzene rings is 1. The lowest BCUT2D eigenvalue weighted by Crippen LogP contribution is -2.12. The van der Waals surface area contributed by atoms with Crippen molar-refractivity contribution in [2.75, 3.05) is 4.72 Å². The van der Waals surface area contributed by atoms with E-state index in [1.54, 1.807) is 6.07 Å². The average Bonchev–Trinajstić information content (AvgIpc) is 3.13. The molecular weight excluding hydrogens is 330 g/mol. The van der Waals surface area contributed by atoms with E-state index in [1.807, 2.05) is 18.2 Å². The fourth-order valence-corrected chi connectivity index (χ4v) is 2.80. The van der Waals surface area contributed by atoms with Crippen LogP contribution in [0.3, 0.4) is 0 Å². The molecule has 2 heterocycles. The van der Waals surface area contributed by atoms with Crippen molar-refractivity contribution in [2.24, 2.45) is 0 Å². The number of sulfonamides is 1. The minimum Gasteiger partial charge on any atom is -0.471 e. The Labute approximate surface area is 131 Å². The molecule has 0 atom stereocenters. The fraction of sp³-hybridized carbons (Fsp3) is 0.0769. The van der Waals surface area contributed by atoms with Crippen molar-refractivity contribution in [1.82, 2.24) is 10.2 Å². The van der Waals surface area contributed by atoms with Gasteiger partial charge in [0.25, 0.3) is 10.0 Å². The van der Waals surface area contributed by atoms with Gasteiger partial charge in [0, 0.05) is 5.02 Å². The Balaban J connectivity index is 1.76. The highest BCUT2D eigenvalue weighted by Crippen LogP contribution is 2.20. The molecule has 3 aromatic rings. The predicted octanol–water partition coefficient (Wildman–Crippen LogP) is 2.71. The smallest absolute Gasteiger partial charge is 0.329 e. The Bertz CT molecular complexity index is 874. The molecule has 0 unspecified atom stereocenters. The van der Waals surface area contributed by atoms with Crippen LogP contribution in [0.1, 0.15) is 11.5 Å². The largest absolute Gasteiger partial charge is 0.471 e. The van der Waals surface area contributed by atoms with Gasteiger partial charge in [0.05, 0.1) is 12.7 Å². The maximum atomic E-state index is 12.0. The SMILES string of the molecule is O=S(=O)(Nc1nnc(Cc2ccccc2Cl)o1)c1ccoc1. The van der Waals surface area contributed by atoms with Gasteiger partial charge in [0.15, 0.2) is 0 Å². The summed E-state index contributed by atoms with van der Waals surface area (Å²) in [4.78, 5) is -0.0293. The van der Waals surface area contributed by atoms with Crippen LogP contribution in [0, 0.1) is 0 Å². The molecule has 0 radical (unpaired) electrons. The Kier molecular flexibility index (Phi) is 3.86. The molecule has 3 rings (SSSR count). The van der Waals surface area contributed by atoms with Gasteiger partial charge < -0.3 is 8.83 Å². The summed E-state index contributed by atoms with van der Waals surface area (Å²) in [7, 11) is -3.80. The number of furan rings is 1. The lowest BCUT2D eigenvalue weighted by atomic mass is 10.1. The highest BCUT2D eigenvalue weighted by molar-refractivity contribution is 7.92. The number of aromatic nitrogens is 2. The first-order valence-corrected chi connectivity index (χ1v) is 8.01. The molecule has 0 spiro atoms. The molecule has 0 saturated carbocycles. The number of nitrogens with zero attached hydrogens (tertiary/aromatic N) is 2. The first-order chi connectivity index (χ1) is 10.5. The van der Waals surface area contributed by atoms with Crippen molar-refractivity contribution in [3.63, 3.8) is 0 Å². The second-order valence-corrected chi connectivity index (χ2v) is 6.42. The molecular formula is C13H10ClN3O4S. The third-order valence-corrected chi connectivity index (χ3v) is 4.46. The van der Waals surface area contributed by atoms with E-state index in [4.69, 9.17) is 20.4 Å². The molecule has 0 aliphatic carbocycles. The van der Waals surface area contributed by atoms with Gasteiger partial charge in [0.1, 0.15) is 11.2 Å². The lowest BCUT2D eigenvalue weighted by Gasteiger charge is -2.00. The van der Waals surface area contributed by atoms with Crippen LogP contribution < -0.4 is 4.72 Å². The first kappa shape index (κ1) is 14.6. The summed E-state index contributed by atoms with van der Waals surface area (Å²) < 4.78 is 36.1. The topological polar surface area (TPSA) is 98.2 Å². The molecule has 7 nitrogen and oxygen atoms in total. The van der Waals surface area contributed by atoms with Crippen molar-refractivity contribution in [3.8, 4) is 0 Å². The van der Waals surface area contributed by atoms with E-state index in [0.29, 0.717) is 11.4 Å². The maximum absolute atomic E-state index is 12.0. The zero-order valence-corrected chi connectivity index (χ0v) is 12.6. The normalized spacial score (nSPS) is 11.5. The van der Waals surface area contributed by atoms with E-state index >= 15 is 0 Å². The molecule has 0 fully saturated rings. The van der Waals surface area contributed by atoms with Crippen LogP contribution in [0.25, 0.3) is 0 Å². The third kappa shape index (κ3) is 3.12. The molecule has 0 aliphatic rings. The Hall–Kier alpha value is -2.32. The van der Waals surface area contributed by atoms with E-state index < -0.39 is 10.0 Å². The lowest BCUT2D eigenvalue weighted by molar-refractivity contribution is 0.520. The first-order valence-electron chi connectivity index (χ1n) is 6.15. The van der Waals surface area contributed by atoms with Gasteiger partial charge in [-0.05, 0) is 17.7 Å². The molecule has 0 bridgehead atoms. The minimum atomic E-state index is -3.80. The standard InChI is InChI=1S/C13H10ClN3O4S/c14-11-4-2-1-3-9(11)7-12-15-16-13(21-12)17-22(18,19)10-5-6-20-8-10/h1-6,8H,7H2,(H,16,17). The van der Waals surface area contributed by atoms with Crippen molar-refractivity contribution in [2.45, 2.75) is 11.3 Å². The summed E-state index contributed by atoms with van der Waals surface area (Å²) in [6.45, 7) is 0. The molecule has 9 heteroatoms. The molecule has 114 valence electrons. The summed E-state index contributed by atoms with van der Waals surface area (Å²) in [6, 6.07) is 8.30. The maximum Gasteiger partial charge on any atom is 0.329 e. The van der Waals surface area contributed by atoms with Gasteiger partial charge in [-0.2, -0.15) is 0 Å². The summed E-state index contributed by atoms with van der Waals surface area (Å²) >= 11 is 6.04. The van der Waals surface area contributed by atoms with Gasteiger partial charge in [-0.15, -0.1) is 5.10 Å². The van der Waals surface area contributed by atoms with Gasteiger partial charge in [0.2, 0.25) is 5.89 Å². The quantitative estimate of drug-likeness (QED) is 0.767. The van der Waals surface area contributed by atoms with E-state index in [9.17, 15) is 8.42 Å². The van der Waals surface area contributed by atoms with E-state index in [-0.39, 0.29) is 16.8 Å². The Morgan fingerprint density at radius 3 is 2.73 bits per heavy atom. The second-order valence-electron chi connectivity index (χ2n) is 4.33. The van der Waals surface area contributed by atoms with Crippen LogP contribution in [0.2, 0.25) is 5.02 Å². The zero-order chi connectivity index (χ0) is 15.6. The summed E-state index contributed by atoms with van der Waals surface area (Å²) in [5.74, 6) is 0.248. The van der Waals surface area contributed by atoms with E-state index in [0.717, 1.165) is 11.8 Å². The van der Waals surface area contributed by atoms with Crippen LogP contribution in [0.5, 0.6) is 0 Å². The third-order valence-electron chi connectivity index (χ3n) is 2.79. The van der Waals surface area contributed by atoms with Crippen LogP contribution in [-0.2, 0) is 16.4 Å². The van der Waals surface area contributed by atoms with Gasteiger partial charge in [-0.3, -0.25) is 0 Å². The molecule has 22 heavy (non-hydrogen) atoms. The summed E-state index contributed by atoms with van der Waals surface area (Å²) in [5, 5.41) is 8.02. The van der Waals surface area contributed by atoms with Crippen LogP contribution >= 0.6 is 11.6 Å².